The highest BCUT2D eigenvalue weighted by molar-refractivity contribution is 5.98. The first-order chi connectivity index (χ1) is 15.9. The standard InChI is InChI=1S/C24H32N4O5/c1-4-27(24(31)22(17(2)3)26-23(30)20-6-5-13-33-20)16-21(29)25-18-7-9-19(10-8-18)28-11-14-32-15-12-28/h5-10,13,17,22H,4,11-12,14-16H2,1-3H3,(H,25,29)(H,26,30). The van der Waals surface area contributed by atoms with E-state index in [4.69, 9.17) is 9.15 Å². The summed E-state index contributed by atoms with van der Waals surface area (Å²) < 4.78 is 10.5. The number of nitrogens with zero attached hydrogens (tertiary/aromatic N) is 2. The second-order valence-corrected chi connectivity index (χ2v) is 8.22. The first-order valence-corrected chi connectivity index (χ1v) is 11.2. The van der Waals surface area contributed by atoms with Crippen molar-refractivity contribution in [3.63, 3.8) is 0 Å². The fourth-order valence-corrected chi connectivity index (χ4v) is 3.63. The lowest BCUT2D eigenvalue weighted by Gasteiger charge is -2.29. The van der Waals surface area contributed by atoms with Gasteiger partial charge in [0.1, 0.15) is 6.04 Å². The monoisotopic (exact) mass is 456 g/mol. The summed E-state index contributed by atoms with van der Waals surface area (Å²) in [5.41, 5.74) is 1.74. The van der Waals surface area contributed by atoms with E-state index < -0.39 is 11.9 Å². The molecular weight excluding hydrogens is 424 g/mol. The van der Waals surface area contributed by atoms with Gasteiger partial charge in [0.05, 0.1) is 26.0 Å². The average molecular weight is 457 g/mol. The van der Waals surface area contributed by atoms with Gasteiger partial charge in [-0.15, -0.1) is 0 Å². The number of carbonyl (C=O) groups is 3. The molecule has 3 amide bonds. The first-order valence-electron chi connectivity index (χ1n) is 11.2. The number of hydrogen-bond donors (Lipinski definition) is 2. The SMILES string of the molecule is CCN(CC(=O)Nc1ccc(N2CCOCC2)cc1)C(=O)C(NC(=O)c1ccco1)C(C)C. The van der Waals surface area contributed by atoms with Crippen LogP contribution in [0.25, 0.3) is 0 Å². The van der Waals surface area contributed by atoms with Crippen molar-refractivity contribution >= 4 is 29.1 Å². The predicted octanol–water partition coefficient (Wildman–Crippen LogP) is 2.36. The third-order valence-electron chi connectivity index (χ3n) is 5.52. The summed E-state index contributed by atoms with van der Waals surface area (Å²) in [4.78, 5) is 41.8. The number of likely N-dealkylation sites (N-methyl/N-ethyl adjacent to an activating group) is 1. The number of rotatable bonds is 9. The second kappa shape index (κ2) is 11.5. The van der Waals surface area contributed by atoms with Crippen molar-refractivity contribution in [3.05, 3.63) is 48.4 Å². The summed E-state index contributed by atoms with van der Waals surface area (Å²) in [7, 11) is 0. The number of amides is 3. The molecule has 0 radical (unpaired) electrons. The molecule has 3 rings (SSSR count). The number of hydrogen-bond acceptors (Lipinski definition) is 6. The maximum Gasteiger partial charge on any atom is 0.287 e. The van der Waals surface area contributed by atoms with E-state index >= 15 is 0 Å². The Morgan fingerprint density at radius 2 is 1.79 bits per heavy atom. The molecule has 0 aliphatic carbocycles. The highest BCUT2D eigenvalue weighted by Crippen LogP contribution is 2.19. The molecule has 33 heavy (non-hydrogen) atoms. The van der Waals surface area contributed by atoms with Crippen LogP contribution in [-0.4, -0.2) is 68.1 Å². The Bertz CT molecular complexity index is 921. The van der Waals surface area contributed by atoms with Crippen LogP contribution < -0.4 is 15.5 Å². The van der Waals surface area contributed by atoms with Gasteiger partial charge in [-0.3, -0.25) is 14.4 Å². The van der Waals surface area contributed by atoms with Gasteiger partial charge in [-0.05, 0) is 49.2 Å². The van der Waals surface area contributed by atoms with Gasteiger partial charge in [0.2, 0.25) is 11.8 Å². The fourth-order valence-electron chi connectivity index (χ4n) is 3.63. The molecule has 1 unspecified atom stereocenters. The van der Waals surface area contributed by atoms with E-state index in [0.717, 1.165) is 18.8 Å². The van der Waals surface area contributed by atoms with Crippen LogP contribution >= 0.6 is 0 Å². The number of ether oxygens (including phenoxy) is 1. The van der Waals surface area contributed by atoms with Crippen molar-refractivity contribution < 1.29 is 23.5 Å². The van der Waals surface area contributed by atoms with E-state index in [1.807, 2.05) is 38.1 Å². The van der Waals surface area contributed by atoms with Crippen LogP contribution in [0.3, 0.4) is 0 Å². The normalized spacial score (nSPS) is 14.6. The molecule has 0 saturated carbocycles. The zero-order chi connectivity index (χ0) is 23.8. The van der Waals surface area contributed by atoms with Crippen molar-refractivity contribution in [2.45, 2.75) is 26.8 Å². The number of morpholine rings is 1. The molecule has 1 fully saturated rings. The van der Waals surface area contributed by atoms with E-state index in [1.54, 1.807) is 13.0 Å². The molecule has 1 saturated heterocycles. The Balaban J connectivity index is 1.58. The minimum atomic E-state index is -0.775. The van der Waals surface area contributed by atoms with Crippen LogP contribution in [0, 0.1) is 5.92 Å². The van der Waals surface area contributed by atoms with Crippen LogP contribution in [0.1, 0.15) is 31.3 Å². The molecule has 178 valence electrons. The Morgan fingerprint density at radius 1 is 1.09 bits per heavy atom. The molecule has 9 heteroatoms. The van der Waals surface area contributed by atoms with E-state index in [2.05, 4.69) is 15.5 Å². The molecule has 0 spiro atoms. The zero-order valence-electron chi connectivity index (χ0n) is 19.4. The molecule has 2 heterocycles. The number of benzene rings is 1. The van der Waals surface area contributed by atoms with Crippen LogP contribution in [0.5, 0.6) is 0 Å². The minimum Gasteiger partial charge on any atom is -0.459 e. The molecule has 1 aromatic carbocycles. The Morgan fingerprint density at radius 3 is 2.36 bits per heavy atom. The van der Waals surface area contributed by atoms with Crippen molar-refractivity contribution in [2.75, 3.05) is 49.6 Å². The summed E-state index contributed by atoms with van der Waals surface area (Å²) in [6.45, 7) is 8.80. The Kier molecular flexibility index (Phi) is 8.48. The third-order valence-corrected chi connectivity index (χ3v) is 5.52. The molecule has 1 aliphatic rings. The summed E-state index contributed by atoms with van der Waals surface area (Å²) in [5, 5.41) is 5.57. The molecule has 1 aromatic heterocycles. The van der Waals surface area contributed by atoms with E-state index in [9.17, 15) is 14.4 Å². The maximum absolute atomic E-state index is 13.1. The highest BCUT2D eigenvalue weighted by atomic mass is 16.5. The van der Waals surface area contributed by atoms with E-state index in [0.29, 0.717) is 25.4 Å². The smallest absolute Gasteiger partial charge is 0.287 e. The van der Waals surface area contributed by atoms with Crippen molar-refractivity contribution in [1.29, 1.82) is 0 Å². The van der Waals surface area contributed by atoms with Crippen molar-refractivity contribution in [3.8, 4) is 0 Å². The predicted molar refractivity (Wildman–Crippen MR) is 125 cm³/mol. The lowest BCUT2D eigenvalue weighted by molar-refractivity contribution is -0.137. The zero-order valence-corrected chi connectivity index (χ0v) is 19.4. The van der Waals surface area contributed by atoms with Crippen LogP contribution in [0.4, 0.5) is 11.4 Å². The number of carbonyl (C=O) groups excluding carboxylic acids is 3. The van der Waals surface area contributed by atoms with Crippen molar-refractivity contribution in [1.82, 2.24) is 10.2 Å². The average Bonchev–Trinajstić information content (AvgIpc) is 3.36. The Labute approximate surface area is 194 Å². The molecule has 1 atom stereocenters. The van der Waals surface area contributed by atoms with Gasteiger partial charge in [0, 0.05) is 31.0 Å². The van der Waals surface area contributed by atoms with Gasteiger partial charge in [0.25, 0.3) is 5.91 Å². The lowest BCUT2D eigenvalue weighted by atomic mass is 10.0. The van der Waals surface area contributed by atoms with Crippen LogP contribution in [0.15, 0.2) is 47.1 Å². The quantitative estimate of drug-likeness (QED) is 0.600. The van der Waals surface area contributed by atoms with Gasteiger partial charge in [-0.2, -0.15) is 0 Å². The van der Waals surface area contributed by atoms with Gasteiger partial charge in [-0.25, -0.2) is 0 Å². The molecular formula is C24H32N4O5. The number of nitrogens with one attached hydrogen (secondary N) is 2. The largest absolute Gasteiger partial charge is 0.459 e. The lowest BCUT2D eigenvalue weighted by Crippen LogP contribution is -2.52. The van der Waals surface area contributed by atoms with Crippen LogP contribution in [0.2, 0.25) is 0 Å². The van der Waals surface area contributed by atoms with Gasteiger partial charge >= 0.3 is 0 Å². The highest BCUT2D eigenvalue weighted by Gasteiger charge is 2.30. The number of anilines is 2. The summed E-state index contributed by atoms with van der Waals surface area (Å²) in [6, 6.07) is 9.99. The summed E-state index contributed by atoms with van der Waals surface area (Å²) in [5.74, 6) is -1.11. The summed E-state index contributed by atoms with van der Waals surface area (Å²) in [6.07, 6.45) is 1.40. The van der Waals surface area contributed by atoms with E-state index in [-0.39, 0.29) is 30.0 Å². The topological polar surface area (TPSA) is 104 Å². The first kappa shape index (κ1) is 24.3. The fraction of sp³-hybridized carbons (Fsp3) is 0.458. The molecule has 2 N–H and O–H groups in total. The van der Waals surface area contributed by atoms with E-state index in [1.165, 1.54) is 17.2 Å². The van der Waals surface area contributed by atoms with Gasteiger partial charge in [-0.1, -0.05) is 13.8 Å². The Hall–Kier alpha value is -3.33. The molecule has 2 aromatic rings. The second-order valence-electron chi connectivity index (χ2n) is 8.22. The van der Waals surface area contributed by atoms with Gasteiger partial charge in [0.15, 0.2) is 5.76 Å². The number of furan rings is 1. The van der Waals surface area contributed by atoms with Crippen LogP contribution in [-0.2, 0) is 14.3 Å². The molecule has 1 aliphatic heterocycles. The van der Waals surface area contributed by atoms with Crippen molar-refractivity contribution in [2.24, 2.45) is 5.92 Å². The molecule has 9 nitrogen and oxygen atoms in total. The molecule has 0 bridgehead atoms. The third kappa shape index (κ3) is 6.58. The summed E-state index contributed by atoms with van der Waals surface area (Å²) >= 11 is 0. The van der Waals surface area contributed by atoms with Gasteiger partial charge < -0.3 is 29.6 Å². The maximum atomic E-state index is 13.1. The minimum absolute atomic E-state index is 0.111.